The van der Waals surface area contributed by atoms with Gasteiger partial charge < -0.3 is 4.74 Å². The summed E-state index contributed by atoms with van der Waals surface area (Å²) in [5, 5.41) is 0. The molecule has 2 nitrogen and oxygen atoms in total. The molecule has 14 heavy (non-hydrogen) atoms. The highest BCUT2D eigenvalue weighted by Crippen LogP contribution is 2.32. The van der Waals surface area contributed by atoms with Gasteiger partial charge in [-0.3, -0.25) is 4.79 Å². The van der Waals surface area contributed by atoms with Crippen LogP contribution in [-0.4, -0.2) is 11.4 Å². The van der Waals surface area contributed by atoms with E-state index in [-0.39, 0.29) is 5.60 Å². The minimum atomic E-state index is -0.201. The Kier molecular flexibility index (Phi) is 2.38. The first-order valence-corrected chi connectivity index (χ1v) is 4.88. The predicted octanol–water partition coefficient (Wildman–Crippen LogP) is 2.32. The van der Waals surface area contributed by atoms with Crippen LogP contribution in [-0.2, 0) is 16.1 Å². The second-order valence-corrected chi connectivity index (χ2v) is 4.12. The number of Topliss-reactive ketones (excluding diaryl/α,β-unsaturated/α-hetero) is 1. The number of carbonyl (C=O) groups is 1. The number of rotatable bonds is 3. The quantitative estimate of drug-likeness (QED) is 0.731. The summed E-state index contributed by atoms with van der Waals surface area (Å²) in [6.07, 6.45) is 1.14. The van der Waals surface area contributed by atoms with Gasteiger partial charge in [0.2, 0.25) is 0 Å². The average Bonchev–Trinajstić information content (AvgIpc) is 2.15. The first-order chi connectivity index (χ1) is 6.68. The van der Waals surface area contributed by atoms with Crippen LogP contribution in [0.3, 0.4) is 0 Å². The smallest absolute Gasteiger partial charge is 0.138 e. The van der Waals surface area contributed by atoms with E-state index in [0.29, 0.717) is 25.2 Å². The Morgan fingerprint density at radius 3 is 2.50 bits per heavy atom. The molecule has 1 aliphatic rings. The Morgan fingerprint density at radius 1 is 1.29 bits per heavy atom. The number of ether oxygens (including phenoxy) is 1. The van der Waals surface area contributed by atoms with Gasteiger partial charge in [-0.1, -0.05) is 30.3 Å². The lowest BCUT2D eigenvalue weighted by atomic mass is 9.80. The zero-order valence-corrected chi connectivity index (χ0v) is 8.32. The van der Waals surface area contributed by atoms with Gasteiger partial charge in [0.25, 0.3) is 0 Å². The molecule has 2 heteroatoms. The summed E-state index contributed by atoms with van der Waals surface area (Å²) >= 11 is 0. The Balaban J connectivity index is 1.86. The molecule has 1 fully saturated rings. The second kappa shape index (κ2) is 3.54. The van der Waals surface area contributed by atoms with Crippen LogP contribution in [0.5, 0.6) is 0 Å². The summed E-state index contributed by atoms with van der Waals surface area (Å²) in [6.45, 7) is 2.60. The summed E-state index contributed by atoms with van der Waals surface area (Å²) in [7, 11) is 0. The summed E-state index contributed by atoms with van der Waals surface area (Å²) in [5.74, 6) is 0.306. The molecule has 0 N–H and O–H groups in total. The molecule has 0 atom stereocenters. The Hall–Kier alpha value is -1.15. The third-order valence-corrected chi connectivity index (χ3v) is 2.57. The van der Waals surface area contributed by atoms with E-state index in [0.717, 1.165) is 5.56 Å². The third-order valence-electron chi connectivity index (χ3n) is 2.57. The average molecular weight is 190 g/mol. The maximum Gasteiger partial charge on any atom is 0.138 e. The molecule has 0 unspecified atom stereocenters. The predicted molar refractivity (Wildman–Crippen MR) is 53.9 cm³/mol. The van der Waals surface area contributed by atoms with Crippen molar-refractivity contribution >= 4 is 5.78 Å². The summed E-state index contributed by atoms with van der Waals surface area (Å²) in [4.78, 5) is 10.8. The first-order valence-electron chi connectivity index (χ1n) is 4.88. The van der Waals surface area contributed by atoms with Crippen molar-refractivity contribution in [2.75, 3.05) is 0 Å². The van der Waals surface area contributed by atoms with E-state index in [1.807, 2.05) is 37.3 Å². The Bertz CT molecular complexity index is 321. The maximum atomic E-state index is 10.8. The van der Waals surface area contributed by atoms with Gasteiger partial charge in [0.05, 0.1) is 12.2 Å². The molecule has 1 saturated carbocycles. The van der Waals surface area contributed by atoms with Gasteiger partial charge in [0.15, 0.2) is 0 Å². The highest BCUT2D eigenvalue weighted by atomic mass is 16.5. The van der Waals surface area contributed by atoms with Crippen molar-refractivity contribution in [1.82, 2.24) is 0 Å². The van der Waals surface area contributed by atoms with Crippen molar-refractivity contribution in [3.05, 3.63) is 35.9 Å². The molecule has 74 valence electrons. The van der Waals surface area contributed by atoms with Crippen molar-refractivity contribution in [3.8, 4) is 0 Å². The van der Waals surface area contributed by atoms with Crippen LogP contribution in [0.4, 0.5) is 0 Å². The standard InChI is InChI=1S/C12H14O2/c1-12(7-11(13)8-12)14-9-10-5-3-2-4-6-10/h2-6H,7-9H2,1H3. The number of benzene rings is 1. The van der Waals surface area contributed by atoms with Crippen molar-refractivity contribution in [2.24, 2.45) is 0 Å². The number of hydrogen-bond donors (Lipinski definition) is 0. The van der Waals surface area contributed by atoms with Gasteiger partial charge in [0, 0.05) is 12.8 Å². The highest BCUT2D eigenvalue weighted by Gasteiger charge is 2.39. The van der Waals surface area contributed by atoms with Crippen LogP contribution in [0.2, 0.25) is 0 Å². The molecule has 1 aromatic rings. The topological polar surface area (TPSA) is 26.3 Å². The van der Waals surface area contributed by atoms with Crippen molar-refractivity contribution in [3.63, 3.8) is 0 Å². The van der Waals surface area contributed by atoms with E-state index < -0.39 is 0 Å². The monoisotopic (exact) mass is 190 g/mol. The zero-order chi connectivity index (χ0) is 10.0. The number of hydrogen-bond acceptors (Lipinski definition) is 2. The molecular formula is C12H14O2. The SMILES string of the molecule is CC1(OCc2ccccc2)CC(=O)C1. The van der Waals surface area contributed by atoms with Crippen LogP contribution in [0, 0.1) is 0 Å². The van der Waals surface area contributed by atoms with E-state index >= 15 is 0 Å². The molecule has 1 aromatic carbocycles. The minimum Gasteiger partial charge on any atom is -0.370 e. The molecular weight excluding hydrogens is 176 g/mol. The normalized spacial score (nSPS) is 19.1. The van der Waals surface area contributed by atoms with Gasteiger partial charge in [-0.05, 0) is 12.5 Å². The second-order valence-electron chi connectivity index (χ2n) is 4.12. The molecule has 0 saturated heterocycles. The maximum absolute atomic E-state index is 10.8. The van der Waals surface area contributed by atoms with Crippen molar-refractivity contribution in [2.45, 2.75) is 32.0 Å². The Labute approximate surface area is 83.9 Å². The number of carbonyl (C=O) groups excluding carboxylic acids is 1. The first kappa shape index (κ1) is 9.41. The molecule has 2 rings (SSSR count). The molecule has 0 aromatic heterocycles. The zero-order valence-electron chi connectivity index (χ0n) is 8.32. The third kappa shape index (κ3) is 2.02. The van der Waals surface area contributed by atoms with Crippen LogP contribution in [0.15, 0.2) is 30.3 Å². The summed E-state index contributed by atoms with van der Waals surface area (Å²) < 4.78 is 5.70. The van der Waals surface area contributed by atoms with Crippen LogP contribution in [0.1, 0.15) is 25.3 Å². The van der Waals surface area contributed by atoms with E-state index in [1.165, 1.54) is 0 Å². The van der Waals surface area contributed by atoms with Crippen molar-refractivity contribution in [1.29, 1.82) is 0 Å². The Morgan fingerprint density at radius 2 is 1.93 bits per heavy atom. The molecule has 0 aliphatic heterocycles. The minimum absolute atomic E-state index is 0.201. The fourth-order valence-electron chi connectivity index (χ4n) is 1.72. The molecule has 0 bridgehead atoms. The summed E-state index contributed by atoms with van der Waals surface area (Å²) in [5.41, 5.74) is 0.959. The van der Waals surface area contributed by atoms with Crippen molar-refractivity contribution < 1.29 is 9.53 Å². The highest BCUT2D eigenvalue weighted by molar-refractivity contribution is 5.86. The molecule has 0 radical (unpaired) electrons. The fraction of sp³-hybridized carbons (Fsp3) is 0.417. The molecule has 0 heterocycles. The molecule has 0 spiro atoms. The van der Waals surface area contributed by atoms with Gasteiger partial charge >= 0.3 is 0 Å². The van der Waals surface area contributed by atoms with Gasteiger partial charge in [-0.2, -0.15) is 0 Å². The van der Waals surface area contributed by atoms with E-state index in [2.05, 4.69) is 0 Å². The van der Waals surface area contributed by atoms with Gasteiger partial charge in [-0.15, -0.1) is 0 Å². The molecule has 1 aliphatic carbocycles. The lowest BCUT2D eigenvalue weighted by molar-refractivity contribution is -0.150. The molecule has 0 amide bonds. The van der Waals surface area contributed by atoms with Crippen LogP contribution in [0.25, 0.3) is 0 Å². The fourth-order valence-corrected chi connectivity index (χ4v) is 1.72. The summed E-state index contributed by atoms with van der Waals surface area (Å²) in [6, 6.07) is 10.0. The van der Waals surface area contributed by atoms with Crippen LogP contribution >= 0.6 is 0 Å². The number of ketones is 1. The van der Waals surface area contributed by atoms with E-state index in [4.69, 9.17) is 4.74 Å². The van der Waals surface area contributed by atoms with E-state index in [9.17, 15) is 4.79 Å². The largest absolute Gasteiger partial charge is 0.370 e. The lowest BCUT2D eigenvalue weighted by Crippen LogP contribution is -2.43. The lowest BCUT2D eigenvalue weighted by Gasteiger charge is -2.36. The van der Waals surface area contributed by atoms with Crippen LogP contribution < -0.4 is 0 Å². The van der Waals surface area contributed by atoms with Gasteiger partial charge in [-0.25, -0.2) is 0 Å². The van der Waals surface area contributed by atoms with Gasteiger partial charge in [0.1, 0.15) is 5.78 Å². The van der Waals surface area contributed by atoms with E-state index in [1.54, 1.807) is 0 Å².